The van der Waals surface area contributed by atoms with E-state index < -0.39 is 5.91 Å². The van der Waals surface area contributed by atoms with Gasteiger partial charge in [-0.2, -0.15) is 0 Å². The summed E-state index contributed by atoms with van der Waals surface area (Å²) in [6, 6.07) is 12.0. The molecule has 0 spiro atoms. The number of benzene rings is 2. The third kappa shape index (κ3) is 4.96. The zero-order valence-electron chi connectivity index (χ0n) is 13.1. The number of carbonyl (C=O) groups excluding carboxylic acids is 2. The van der Waals surface area contributed by atoms with Crippen LogP contribution < -0.4 is 15.8 Å². The standard InChI is InChI=1S/C18H17BrN2O3/c1-2-24-16-9-6-14(19)11-13(16)5-10-17(22)21-15-7-3-12(4-8-15)18(20)23/h3-11H,2H2,1H3,(H2,20,23)(H,21,22)/b10-5+. The first-order valence-electron chi connectivity index (χ1n) is 7.31. The Balaban J connectivity index is 2.07. The highest BCUT2D eigenvalue weighted by atomic mass is 79.9. The van der Waals surface area contributed by atoms with Gasteiger partial charge in [0.25, 0.3) is 0 Å². The van der Waals surface area contributed by atoms with Crippen LogP contribution in [-0.4, -0.2) is 18.4 Å². The summed E-state index contributed by atoms with van der Waals surface area (Å²) in [5.74, 6) is -0.0920. The van der Waals surface area contributed by atoms with Crippen molar-refractivity contribution < 1.29 is 14.3 Å². The first-order valence-corrected chi connectivity index (χ1v) is 8.10. The maximum Gasteiger partial charge on any atom is 0.248 e. The van der Waals surface area contributed by atoms with Gasteiger partial charge in [0.2, 0.25) is 11.8 Å². The predicted molar refractivity (Wildman–Crippen MR) is 97.9 cm³/mol. The molecule has 0 saturated heterocycles. The average Bonchev–Trinajstić information content (AvgIpc) is 2.55. The number of hydrogen-bond donors (Lipinski definition) is 2. The number of anilines is 1. The minimum atomic E-state index is -0.508. The highest BCUT2D eigenvalue weighted by Crippen LogP contribution is 2.24. The Morgan fingerprint density at radius 1 is 1.21 bits per heavy atom. The summed E-state index contributed by atoms with van der Waals surface area (Å²) in [6.45, 7) is 2.44. The van der Waals surface area contributed by atoms with Crippen LogP contribution in [0, 0.1) is 0 Å². The Bertz CT molecular complexity index is 770. The summed E-state index contributed by atoms with van der Waals surface area (Å²) < 4.78 is 6.43. The maximum absolute atomic E-state index is 12.0. The number of nitrogens with one attached hydrogen (secondary N) is 1. The van der Waals surface area contributed by atoms with Gasteiger partial charge < -0.3 is 15.8 Å². The second-order valence-electron chi connectivity index (χ2n) is 4.88. The van der Waals surface area contributed by atoms with Gasteiger partial charge in [0.05, 0.1) is 6.61 Å². The summed E-state index contributed by atoms with van der Waals surface area (Å²) >= 11 is 3.40. The lowest BCUT2D eigenvalue weighted by molar-refractivity contribution is -0.111. The largest absolute Gasteiger partial charge is 0.493 e. The van der Waals surface area contributed by atoms with Gasteiger partial charge >= 0.3 is 0 Å². The lowest BCUT2D eigenvalue weighted by atomic mass is 10.2. The minimum Gasteiger partial charge on any atom is -0.493 e. The molecule has 0 fully saturated rings. The third-order valence-corrected chi connectivity index (χ3v) is 3.62. The van der Waals surface area contributed by atoms with Gasteiger partial charge in [0.15, 0.2) is 0 Å². The molecule has 5 nitrogen and oxygen atoms in total. The van der Waals surface area contributed by atoms with Gasteiger partial charge in [0.1, 0.15) is 5.75 Å². The summed E-state index contributed by atoms with van der Waals surface area (Å²) in [4.78, 5) is 23.0. The second-order valence-corrected chi connectivity index (χ2v) is 5.80. The van der Waals surface area contributed by atoms with Crippen molar-refractivity contribution in [1.29, 1.82) is 0 Å². The van der Waals surface area contributed by atoms with Gasteiger partial charge in [0, 0.05) is 27.4 Å². The second kappa shape index (κ2) is 8.31. The van der Waals surface area contributed by atoms with Gasteiger partial charge in [-0.1, -0.05) is 15.9 Å². The SMILES string of the molecule is CCOc1ccc(Br)cc1/C=C/C(=O)Nc1ccc(C(N)=O)cc1. The van der Waals surface area contributed by atoms with Crippen molar-refractivity contribution in [1.82, 2.24) is 0 Å². The fourth-order valence-electron chi connectivity index (χ4n) is 2.00. The summed E-state index contributed by atoms with van der Waals surface area (Å²) in [6.07, 6.45) is 3.11. The summed E-state index contributed by atoms with van der Waals surface area (Å²) in [5, 5.41) is 2.71. The Hall–Kier alpha value is -2.60. The van der Waals surface area contributed by atoms with Crippen LogP contribution in [0.3, 0.4) is 0 Å². The van der Waals surface area contributed by atoms with Gasteiger partial charge in [-0.15, -0.1) is 0 Å². The Kier molecular flexibility index (Phi) is 6.14. The lowest BCUT2D eigenvalue weighted by Crippen LogP contribution is -2.11. The van der Waals surface area contributed by atoms with Crippen molar-refractivity contribution in [2.45, 2.75) is 6.92 Å². The molecule has 0 saturated carbocycles. The summed E-state index contributed by atoms with van der Waals surface area (Å²) in [5.41, 5.74) is 6.94. The number of halogens is 1. The number of hydrogen-bond acceptors (Lipinski definition) is 3. The smallest absolute Gasteiger partial charge is 0.248 e. The highest BCUT2D eigenvalue weighted by Gasteiger charge is 2.04. The van der Waals surface area contributed by atoms with Crippen molar-refractivity contribution in [2.24, 2.45) is 5.73 Å². The van der Waals surface area contributed by atoms with Gasteiger partial charge in [-0.05, 0) is 55.5 Å². The fraction of sp³-hybridized carbons (Fsp3) is 0.111. The van der Waals surface area contributed by atoms with Crippen molar-refractivity contribution >= 4 is 39.5 Å². The van der Waals surface area contributed by atoms with Crippen LogP contribution >= 0.6 is 15.9 Å². The van der Waals surface area contributed by atoms with E-state index in [1.54, 1.807) is 30.3 Å². The van der Waals surface area contributed by atoms with Crippen LogP contribution in [0.2, 0.25) is 0 Å². The number of nitrogens with two attached hydrogens (primary N) is 1. The van der Waals surface area contributed by atoms with Crippen molar-refractivity contribution in [3.05, 3.63) is 64.1 Å². The van der Waals surface area contributed by atoms with Crippen LogP contribution in [0.4, 0.5) is 5.69 Å². The molecule has 2 rings (SSSR count). The average molecular weight is 389 g/mol. The molecule has 2 aromatic rings. The van der Waals surface area contributed by atoms with E-state index in [0.717, 1.165) is 10.0 Å². The molecular weight excluding hydrogens is 372 g/mol. The minimum absolute atomic E-state index is 0.288. The number of primary amides is 1. The van der Waals surface area contributed by atoms with Crippen LogP contribution in [0.5, 0.6) is 5.75 Å². The molecule has 0 radical (unpaired) electrons. The highest BCUT2D eigenvalue weighted by molar-refractivity contribution is 9.10. The third-order valence-electron chi connectivity index (χ3n) is 3.12. The molecular formula is C18H17BrN2O3. The van der Waals surface area contributed by atoms with Gasteiger partial charge in [-0.3, -0.25) is 9.59 Å². The molecule has 0 aliphatic heterocycles. The zero-order chi connectivity index (χ0) is 17.5. The van der Waals surface area contributed by atoms with E-state index in [1.807, 2.05) is 25.1 Å². The topological polar surface area (TPSA) is 81.4 Å². The zero-order valence-corrected chi connectivity index (χ0v) is 14.7. The van der Waals surface area contributed by atoms with Crippen LogP contribution in [-0.2, 0) is 4.79 Å². The van der Waals surface area contributed by atoms with E-state index in [-0.39, 0.29) is 5.91 Å². The molecule has 2 amide bonds. The molecule has 0 heterocycles. The number of carbonyl (C=O) groups is 2. The molecule has 24 heavy (non-hydrogen) atoms. The van der Waals surface area contributed by atoms with Crippen molar-refractivity contribution in [3.63, 3.8) is 0 Å². The monoisotopic (exact) mass is 388 g/mol. The Morgan fingerprint density at radius 3 is 2.54 bits per heavy atom. The predicted octanol–water partition coefficient (Wildman–Crippen LogP) is 3.60. The van der Waals surface area contributed by atoms with E-state index in [2.05, 4.69) is 21.2 Å². The molecule has 0 atom stereocenters. The van der Waals surface area contributed by atoms with Crippen molar-refractivity contribution in [2.75, 3.05) is 11.9 Å². The molecule has 2 aromatic carbocycles. The molecule has 0 aromatic heterocycles. The van der Waals surface area contributed by atoms with E-state index in [1.165, 1.54) is 6.08 Å². The lowest BCUT2D eigenvalue weighted by Gasteiger charge is -2.07. The molecule has 124 valence electrons. The number of amides is 2. The normalized spacial score (nSPS) is 10.6. The first-order chi connectivity index (χ1) is 11.5. The van der Waals surface area contributed by atoms with Crippen LogP contribution in [0.15, 0.2) is 53.0 Å². The molecule has 3 N–H and O–H groups in total. The molecule has 0 aliphatic rings. The number of rotatable bonds is 6. The number of ether oxygens (including phenoxy) is 1. The molecule has 6 heteroatoms. The van der Waals surface area contributed by atoms with E-state index >= 15 is 0 Å². The molecule has 0 bridgehead atoms. The van der Waals surface area contributed by atoms with E-state index in [4.69, 9.17) is 10.5 Å². The van der Waals surface area contributed by atoms with Crippen LogP contribution in [0.25, 0.3) is 6.08 Å². The molecule has 0 unspecified atom stereocenters. The van der Waals surface area contributed by atoms with Crippen LogP contribution in [0.1, 0.15) is 22.8 Å². The Labute approximate surface area is 148 Å². The van der Waals surface area contributed by atoms with E-state index in [9.17, 15) is 9.59 Å². The molecule has 0 aliphatic carbocycles. The quantitative estimate of drug-likeness (QED) is 0.741. The van der Waals surface area contributed by atoms with Gasteiger partial charge in [-0.25, -0.2) is 0 Å². The Morgan fingerprint density at radius 2 is 1.92 bits per heavy atom. The van der Waals surface area contributed by atoms with E-state index in [0.29, 0.717) is 23.6 Å². The van der Waals surface area contributed by atoms with Crippen molar-refractivity contribution in [3.8, 4) is 5.75 Å². The first kappa shape index (κ1) is 17.7. The summed E-state index contributed by atoms with van der Waals surface area (Å²) in [7, 11) is 0. The fourth-order valence-corrected chi connectivity index (χ4v) is 2.38. The maximum atomic E-state index is 12.0.